The first-order valence-electron chi connectivity index (χ1n) is 6.28. The predicted molar refractivity (Wildman–Crippen MR) is 71.5 cm³/mol. The van der Waals surface area contributed by atoms with Gasteiger partial charge in [-0.05, 0) is 6.92 Å². The van der Waals surface area contributed by atoms with Gasteiger partial charge in [0.25, 0.3) is 0 Å². The van der Waals surface area contributed by atoms with Crippen LogP contribution in [0.25, 0.3) is 0 Å². The summed E-state index contributed by atoms with van der Waals surface area (Å²) in [6.07, 6.45) is 2.15. The summed E-state index contributed by atoms with van der Waals surface area (Å²) in [5.74, 6) is -0.600. The first-order chi connectivity index (χ1) is 9.61. The van der Waals surface area contributed by atoms with Crippen LogP contribution < -0.4 is 10.6 Å². The van der Waals surface area contributed by atoms with Crippen LogP contribution in [-0.2, 0) is 13.5 Å². The van der Waals surface area contributed by atoms with Crippen molar-refractivity contribution in [3.05, 3.63) is 29.9 Å². The fourth-order valence-electron chi connectivity index (χ4n) is 1.71. The largest absolute Gasteiger partial charge is 0.368 e. The van der Waals surface area contributed by atoms with E-state index in [0.717, 1.165) is 11.9 Å². The average Bonchev–Trinajstić information content (AvgIpc) is 2.81. The molecule has 0 bridgehead atoms. The van der Waals surface area contributed by atoms with E-state index in [1.165, 1.54) is 0 Å². The second-order valence-electron chi connectivity index (χ2n) is 4.21. The van der Waals surface area contributed by atoms with Crippen molar-refractivity contribution in [1.29, 1.82) is 0 Å². The molecule has 0 saturated carbocycles. The van der Waals surface area contributed by atoms with Gasteiger partial charge in [0, 0.05) is 32.6 Å². The molecule has 2 heterocycles. The van der Waals surface area contributed by atoms with Crippen LogP contribution in [-0.4, -0.2) is 32.8 Å². The first-order valence-corrected chi connectivity index (χ1v) is 6.28. The Balaban J connectivity index is 2.02. The van der Waals surface area contributed by atoms with Crippen molar-refractivity contribution in [3.8, 4) is 0 Å². The molecule has 8 heteroatoms. The van der Waals surface area contributed by atoms with Crippen molar-refractivity contribution < 1.29 is 8.78 Å². The van der Waals surface area contributed by atoms with Gasteiger partial charge in [-0.15, -0.1) is 10.2 Å². The van der Waals surface area contributed by atoms with Gasteiger partial charge in [0.2, 0.25) is 0 Å². The number of aryl methyl sites for hydroxylation is 1. The minimum absolute atomic E-state index is 0.0181. The molecule has 0 atom stereocenters. The zero-order valence-electron chi connectivity index (χ0n) is 11.3. The molecule has 108 valence electrons. The standard InChI is InChI=1S/C12H16F2N6/c1-3-15-11-8(13)6-9(14)12(18-11)16-5-4-10-19-17-7-20(10)2/h6-7H,3-5H2,1-2H3,(H2,15,16,18). The maximum atomic E-state index is 13.6. The average molecular weight is 282 g/mol. The van der Waals surface area contributed by atoms with Crippen molar-refractivity contribution in [1.82, 2.24) is 19.7 Å². The number of anilines is 2. The molecule has 0 spiro atoms. The molecule has 0 aliphatic carbocycles. The second kappa shape index (κ2) is 6.27. The number of nitrogens with zero attached hydrogens (tertiary/aromatic N) is 4. The molecule has 2 N–H and O–H groups in total. The molecule has 0 unspecified atom stereocenters. The third-order valence-corrected chi connectivity index (χ3v) is 2.72. The third kappa shape index (κ3) is 3.19. The lowest BCUT2D eigenvalue weighted by molar-refractivity contribution is 0.578. The second-order valence-corrected chi connectivity index (χ2v) is 4.21. The van der Waals surface area contributed by atoms with Gasteiger partial charge in [-0.2, -0.15) is 0 Å². The van der Waals surface area contributed by atoms with Crippen LogP contribution in [0.2, 0.25) is 0 Å². The molecule has 0 aliphatic rings. The fourth-order valence-corrected chi connectivity index (χ4v) is 1.71. The van der Waals surface area contributed by atoms with E-state index in [-0.39, 0.29) is 11.6 Å². The number of rotatable bonds is 6. The van der Waals surface area contributed by atoms with Crippen LogP contribution in [0.5, 0.6) is 0 Å². The van der Waals surface area contributed by atoms with Gasteiger partial charge in [-0.3, -0.25) is 0 Å². The number of pyridine rings is 1. The van der Waals surface area contributed by atoms with Gasteiger partial charge in [0.15, 0.2) is 23.3 Å². The lowest BCUT2D eigenvalue weighted by Gasteiger charge is -2.10. The molecular weight excluding hydrogens is 266 g/mol. The summed E-state index contributed by atoms with van der Waals surface area (Å²) >= 11 is 0. The first kappa shape index (κ1) is 14.2. The lowest BCUT2D eigenvalue weighted by atomic mass is 10.3. The molecule has 20 heavy (non-hydrogen) atoms. The quantitative estimate of drug-likeness (QED) is 0.842. The monoisotopic (exact) mass is 282 g/mol. The highest BCUT2D eigenvalue weighted by atomic mass is 19.1. The van der Waals surface area contributed by atoms with E-state index in [4.69, 9.17) is 0 Å². The normalized spacial score (nSPS) is 10.6. The highest BCUT2D eigenvalue weighted by molar-refractivity contribution is 5.47. The smallest absolute Gasteiger partial charge is 0.168 e. The van der Waals surface area contributed by atoms with Crippen molar-refractivity contribution in [2.24, 2.45) is 7.05 Å². The van der Waals surface area contributed by atoms with Gasteiger partial charge >= 0.3 is 0 Å². The Morgan fingerprint density at radius 3 is 2.50 bits per heavy atom. The van der Waals surface area contributed by atoms with E-state index in [1.54, 1.807) is 10.9 Å². The fraction of sp³-hybridized carbons (Fsp3) is 0.417. The zero-order valence-corrected chi connectivity index (χ0v) is 11.3. The van der Waals surface area contributed by atoms with Crippen molar-refractivity contribution >= 4 is 11.6 Å². The van der Waals surface area contributed by atoms with Gasteiger partial charge in [0.05, 0.1) is 0 Å². The SMILES string of the molecule is CCNc1nc(NCCc2nncn2C)c(F)cc1F. The molecule has 2 rings (SSSR count). The maximum Gasteiger partial charge on any atom is 0.168 e. The van der Waals surface area contributed by atoms with Gasteiger partial charge < -0.3 is 15.2 Å². The van der Waals surface area contributed by atoms with Crippen LogP contribution in [0.1, 0.15) is 12.7 Å². The summed E-state index contributed by atoms with van der Waals surface area (Å²) in [6, 6.07) is 0.815. The molecule has 6 nitrogen and oxygen atoms in total. The number of hydrogen-bond acceptors (Lipinski definition) is 5. The van der Waals surface area contributed by atoms with E-state index in [0.29, 0.717) is 19.5 Å². The van der Waals surface area contributed by atoms with Crippen LogP contribution in [0, 0.1) is 11.6 Å². The van der Waals surface area contributed by atoms with E-state index in [1.807, 2.05) is 14.0 Å². The van der Waals surface area contributed by atoms with Gasteiger partial charge in [-0.1, -0.05) is 0 Å². The summed E-state index contributed by atoms with van der Waals surface area (Å²) in [6.45, 7) is 2.74. The molecular formula is C12H16F2N6. The van der Waals surface area contributed by atoms with Crippen molar-refractivity contribution in [2.75, 3.05) is 23.7 Å². The number of nitrogens with one attached hydrogen (secondary N) is 2. The van der Waals surface area contributed by atoms with Gasteiger partial charge in [-0.25, -0.2) is 13.8 Å². The predicted octanol–water partition coefficient (Wildman–Crippen LogP) is 1.57. The topological polar surface area (TPSA) is 67.7 Å². The zero-order chi connectivity index (χ0) is 14.5. The van der Waals surface area contributed by atoms with Crippen LogP contribution in [0.15, 0.2) is 12.4 Å². The Hall–Kier alpha value is -2.25. The van der Waals surface area contributed by atoms with E-state index in [9.17, 15) is 8.78 Å². The Kier molecular flexibility index (Phi) is 4.44. The van der Waals surface area contributed by atoms with Crippen molar-refractivity contribution in [2.45, 2.75) is 13.3 Å². The number of halogens is 2. The molecule has 2 aromatic heterocycles. The molecule has 0 aliphatic heterocycles. The number of aromatic nitrogens is 4. The van der Waals surface area contributed by atoms with Crippen LogP contribution in [0.3, 0.4) is 0 Å². The molecule has 0 amide bonds. The molecule has 0 aromatic carbocycles. The highest BCUT2D eigenvalue weighted by Crippen LogP contribution is 2.18. The third-order valence-electron chi connectivity index (χ3n) is 2.72. The minimum Gasteiger partial charge on any atom is -0.368 e. The Labute approximate surface area is 115 Å². The van der Waals surface area contributed by atoms with Crippen LogP contribution in [0.4, 0.5) is 20.4 Å². The van der Waals surface area contributed by atoms with Crippen molar-refractivity contribution in [3.63, 3.8) is 0 Å². The molecule has 0 saturated heterocycles. The Bertz CT molecular complexity index is 583. The molecule has 0 fully saturated rings. The van der Waals surface area contributed by atoms with Crippen LogP contribution >= 0.6 is 0 Å². The summed E-state index contributed by atoms with van der Waals surface area (Å²) in [5, 5.41) is 13.2. The van der Waals surface area contributed by atoms with E-state index >= 15 is 0 Å². The highest BCUT2D eigenvalue weighted by Gasteiger charge is 2.11. The molecule has 0 radical (unpaired) electrons. The summed E-state index contributed by atoms with van der Waals surface area (Å²) in [5.41, 5.74) is 0. The Morgan fingerprint density at radius 2 is 1.90 bits per heavy atom. The summed E-state index contributed by atoms with van der Waals surface area (Å²) in [4.78, 5) is 3.89. The summed E-state index contributed by atoms with van der Waals surface area (Å²) < 4.78 is 28.8. The number of hydrogen-bond donors (Lipinski definition) is 2. The van der Waals surface area contributed by atoms with E-state index < -0.39 is 11.6 Å². The maximum absolute atomic E-state index is 13.6. The molecule has 2 aromatic rings. The van der Waals surface area contributed by atoms with Gasteiger partial charge in [0.1, 0.15) is 12.2 Å². The Morgan fingerprint density at radius 1 is 1.20 bits per heavy atom. The van der Waals surface area contributed by atoms with E-state index in [2.05, 4.69) is 25.8 Å². The summed E-state index contributed by atoms with van der Waals surface area (Å²) in [7, 11) is 1.83. The lowest BCUT2D eigenvalue weighted by Crippen LogP contribution is -2.12. The minimum atomic E-state index is -0.720.